The zero-order valence-corrected chi connectivity index (χ0v) is 12.0. The number of nitriles is 1. The third kappa shape index (κ3) is 2.84. The molecule has 0 aliphatic carbocycles. The Bertz CT molecular complexity index is 731. The van der Waals surface area contributed by atoms with Gasteiger partial charge in [-0.3, -0.25) is 10.1 Å². The van der Waals surface area contributed by atoms with Gasteiger partial charge < -0.3 is 5.32 Å². The van der Waals surface area contributed by atoms with Gasteiger partial charge in [-0.15, -0.1) is 0 Å². The summed E-state index contributed by atoms with van der Waals surface area (Å²) >= 11 is 8.92. The first-order chi connectivity index (χ1) is 9.52. The minimum absolute atomic E-state index is 0.0752. The average Bonchev–Trinajstić information content (AvgIpc) is 2.40. The van der Waals surface area contributed by atoms with Crippen molar-refractivity contribution < 1.29 is 4.92 Å². The van der Waals surface area contributed by atoms with Crippen LogP contribution in [0.5, 0.6) is 0 Å². The van der Waals surface area contributed by atoms with Crippen molar-refractivity contribution >= 4 is 44.7 Å². The molecule has 1 heterocycles. The topological polar surface area (TPSA) is 105 Å². The maximum absolute atomic E-state index is 11.0. The SMILES string of the molecule is N#Cc1cc(Br)ccc1Nc1ncnc(Cl)c1[N+](=O)[O-]. The van der Waals surface area contributed by atoms with Crippen LogP contribution in [0.2, 0.25) is 5.15 Å². The Balaban J connectivity index is 2.49. The Morgan fingerprint density at radius 3 is 2.85 bits per heavy atom. The monoisotopic (exact) mass is 353 g/mol. The lowest BCUT2D eigenvalue weighted by atomic mass is 10.2. The normalized spacial score (nSPS) is 9.85. The van der Waals surface area contributed by atoms with E-state index < -0.39 is 10.6 Å². The van der Waals surface area contributed by atoms with Gasteiger partial charge >= 0.3 is 5.69 Å². The van der Waals surface area contributed by atoms with Crippen LogP contribution in [-0.4, -0.2) is 14.9 Å². The minimum atomic E-state index is -0.685. The highest BCUT2D eigenvalue weighted by Crippen LogP contribution is 2.32. The molecule has 1 aromatic carbocycles. The molecule has 0 atom stereocenters. The van der Waals surface area contributed by atoms with Crippen molar-refractivity contribution in [2.75, 3.05) is 5.32 Å². The zero-order valence-electron chi connectivity index (χ0n) is 9.67. The Morgan fingerprint density at radius 2 is 2.20 bits per heavy atom. The van der Waals surface area contributed by atoms with E-state index >= 15 is 0 Å². The molecule has 2 rings (SSSR count). The molecule has 0 spiro atoms. The van der Waals surface area contributed by atoms with Crippen molar-refractivity contribution in [1.29, 1.82) is 5.26 Å². The lowest BCUT2D eigenvalue weighted by Crippen LogP contribution is -2.02. The predicted molar refractivity (Wildman–Crippen MR) is 75.8 cm³/mol. The Kier molecular flexibility index (Phi) is 4.12. The number of nitrogens with zero attached hydrogens (tertiary/aromatic N) is 4. The second-order valence-electron chi connectivity index (χ2n) is 3.55. The van der Waals surface area contributed by atoms with Crippen LogP contribution >= 0.6 is 27.5 Å². The molecule has 1 N–H and O–H groups in total. The molecule has 20 heavy (non-hydrogen) atoms. The van der Waals surface area contributed by atoms with Crippen LogP contribution < -0.4 is 5.32 Å². The maximum Gasteiger partial charge on any atom is 0.348 e. The molecule has 100 valence electrons. The van der Waals surface area contributed by atoms with E-state index in [1.165, 1.54) is 0 Å². The number of halogens is 2. The van der Waals surface area contributed by atoms with Gasteiger partial charge in [-0.1, -0.05) is 27.5 Å². The van der Waals surface area contributed by atoms with Gasteiger partial charge in [0.1, 0.15) is 12.4 Å². The number of hydrogen-bond acceptors (Lipinski definition) is 6. The quantitative estimate of drug-likeness (QED) is 0.514. The molecule has 0 aliphatic rings. The van der Waals surface area contributed by atoms with E-state index in [-0.39, 0.29) is 11.0 Å². The van der Waals surface area contributed by atoms with E-state index in [4.69, 9.17) is 16.9 Å². The van der Waals surface area contributed by atoms with Gasteiger partial charge in [0, 0.05) is 4.47 Å². The van der Waals surface area contributed by atoms with E-state index in [2.05, 4.69) is 31.2 Å². The number of nitro groups is 1. The van der Waals surface area contributed by atoms with Crippen molar-refractivity contribution in [2.45, 2.75) is 0 Å². The van der Waals surface area contributed by atoms with Crippen LogP contribution in [0.1, 0.15) is 5.56 Å². The van der Waals surface area contributed by atoms with Crippen molar-refractivity contribution in [1.82, 2.24) is 9.97 Å². The Morgan fingerprint density at radius 1 is 1.45 bits per heavy atom. The van der Waals surface area contributed by atoms with Crippen molar-refractivity contribution in [3.05, 3.63) is 49.8 Å². The molecule has 0 radical (unpaired) electrons. The number of hydrogen-bond donors (Lipinski definition) is 1. The van der Waals surface area contributed by atoms with Crippen LogP contribution in [0.4, 0.5) is 17.2 Å². The molecule has 9 heteroatoms. The lowest BCUT2D eigenvalue weighted by molar-refractivity contribution is -0.384. The highest BCUT2D eigenvalue weighted by Gasteiger charge is 2.22. The molecular formula is C11H5BrClN5O2. The fraction of sp³-hybridized carbons (Fsp3) is 0. The highest BCUT2D eigenvalue weighted by molar-refractivity contribution is 9.10. The summed E-state index contributed by atoms with van der Waals surface area (Å²) in [6.07, 6.45) is 1.10. The number of nitrogens with one attached hydrogen (secondary N) is 1. The molecular weight excluding hydrogens is 350 g/mol. The third-order valence-electron chi connectivity index (χ3n) is 2.32. The zero-order chi connectivity index (χ0) is 14.7. The first-order valence-corrected chi connectivity index (χ1v) is 6.31. The van der Waals surface area contributed by atoms with Gasteiger partial charge in [0.25, 0.3) is 0 Å². The predicted octanol–water partition coefficient (Wildman–Crippen LogP) is 3.42. The number of rotatable bonds is 3. The van der Waals surface area contributed by atoms with Crippen molar-refractivity contribution in [3.8, 4) is 6.07 Å². The molecule has 2 aromatic rings. The molecule has 0 saturated heterocycles. The summed E-state index contributed by atoms with van der Waals surface area (Å²) in [6, 6.07) is 6.85. The molecule has 7 nitrogen and oxygen atoms in total. The summed E-state index contributed by atoms with van der Waals surface area (Å²) < 4.78 is 0.717. The molecule has 0 fully saturated rings. The van der Waals surface area contributed by atoms with Crippen LogP contribution in [-0.2, 0) is 0 Å². The Labute approximate surface area is 126 Å². The van der Waals surface area contributed by atoms with Gasteiger partial charge in [-0.05, 0) is 18.2 Å². The van der Waals surface area contributed by atoms with E-state index in [0.29, 0.717) is 11.3 Å². The maximum atomic E-state index is 11.0. The smallest absolute Gasteiger partial charge is 0.333 e. The first-order valence-electron chi connectivity index (χ1n) is 5.14. The number of aromatic nitrogens is 2. The lowest BCUT2D eigenvalue weighted by Gasteiger charge is -2.08. The fourth-order valence-corrected chi connectivity index (χ4v) is 2.02. The van der Waals surface area contributed by atoms with E-state index in [0.717, 1.165) is 10.8 Å². The van der Waals surface area contributed by atoms with E-state index in [1.807, 2.05) is 6.07 Å². The second kappa shape index (κ2) is 5.81. The van der Waals surface area contributed by atoms with Crippen molar-refractivity contribution in [3.63, 3.8) is 0 Å². The van der Waals surface area contributed by atoms with Crippen LogP contribution in [0.3, 0.4) is 0 Å². The highest BCUT2D eigenvalue weighted by atomic mass is 79.9. The van der Waals surface area contributed by atoms with Crippen LogP contribution in [0.15, 0.2) is 29.0 Å². The largest absolute Gasteiger partial charge is 0.348 e. The van der Waals surface area contributed by atoms with Gasteiger partial charge in [-0.2, -0.15) is 5.26 Å². The summed E-state index contributed by atoms with van der Waals surface area (Å²) in [5.41, 5.74) is 0.248. The van der Waals surface area contributed by atoms with Gasteiger partial charge in [0.15, 0.2) is 0 Å². The summed E-state index contributed by atoms with van der Waals surface area (Å²) in [5.74, 6) is -0.0752. The molecule has 1 aromatic heterocycles. The van der Waals surface area contributed by atoms with Gasteiger partial charge in [-0.25, -0.2) is 9.97 Å². The summed E-state index contributed by atoms with van der Waals surface area (Å²) in [7, 11) is 0. The van der Waals surface area contributed by atoms with Crippen molar-refractivity contribution in [2.24, 2.45) is 0 Å². The first kappa shape index (κ1) is 14.2. The fourth-order valence-electron chi connectivity index (χ4n) is 1.46. The molecule has 0 bridgehead atoms. The van der Waals surface area contributed by atoms with Gasteiger partial charge in [0.05, 0.1) is 16.2 Å². The summed E-state index contributed by atoms with van der Waals surface area (Å²) in [4.78, 5) is 17.6. The Hall–Kier alpha value is -2.24. The molecule has 0 aliphatic heterocycles. The van der Waals surface area contributed by atoms with Gasteiger partial charge in [0.2, 0.25) is 11.0 Å². The average molecular weight is 355 g/mol. The molecule has 0 amide bonds. The number of benzene rings is 1. The van der Waals surface area contributed by atoms with Crippen LogP contribution in [0.25, 0.3) is 0 Å². The summed E-state index contributed by atoms with van der Waals surface area (Å²) in [5, 5.41) is 22.5. The third-order valence-corrected chi connectivity index (χ3v) is 3.09. The molecule has 0 saturated carbocycles. The molecule has 0 unspecified atom stereocenters. The standard InChI is InChI=1S/C11H5BrClN5O2/c12-7-1-2-8(6(3-7)4-14)17-11-9(18(19)20)10(13)15-5-16-11/h1-3,5H,(H,15,16,17). The number of anilines is 2. The summed E-state index contributed by atoms with van der Waals surface area (Å²) in [6.45, 7) is 0. The van der Waals surface area contributed by atoms with E-state index in [9.17, 15) is 10.1 Å². The van der Waals surface area contributed by atoms with Crippen LogP contribution in [0, 0.1) is 21.4 Å². The second-order valence-corrected chi connectivity index (χ2v) is 4.82. The van der Waals surface area contributed by atoms with E-state index in [1.54, 1.807) is 18.2 Å². The minimum Gasteiger partial charge on any atom is -0.333 e.